The molecule has 0 aliphatic rings. The quantitative estimate of drug-likeness (QED) is 0.572. The highest BCUT2D eigenvalue weighted by Gasteiger charge is 2.10. The van der Waals surface area contributed by atoms with Gasteiger partial charge in [-0.2, -0.15) is 0 Å². The van der Waals surface area contributed by atoms with Crippen molar-refractivity contribution in [2.24, 2.45) is 0 Å². The third-order valence-corrected chi connectivity index (χ3v) is 1.65. The van der Waals surface area contributed by atoms with Crippen LogP contribution in [0, 0.1) is 0 Å². The zero-order valence-corrected chi connectivity index (χ0v) is 8.91. The minimum Gasteiger partial charge on any atom is -0.466 e. The van der Waals surface area contributed by atoms with Crippen molar-refractivity contribution in [2.75, 3.05) is 33.9 Å². The predicted octanol–water partition coefficient (Wildman–Crippen LogP) is 0.0444. The second kappa shape index (κ2) is 7.32. The number of ether oxygens (including phenoxy) is 2. The van der Waals surface area contributed by atoms with Gasteiger partial charge >= 0.3 is 5.97 Å². The van der Waals surface area contributed by atoms with Gasteiger partial charge in [-0.25, -0.2) is 0 Å². The van der Waals surface area contributed by atoms with Gasteiger partial charge in [-0.15, -0.1) is 0 Å². The van der Waals surface area contributed by atoms with Gasteiger partial charge in [0.1, 0.15) is 6.61 Å². The number of hydrogen-bond donors (Lipinski definition) is 0. The molecule has 0 radical (unpaired) electrons. The number of carbonyl (C=O) groups excluding carboxylic acids is 2. The van der Waals surface area contributed by atoms with Crippen LogP contribution in [0.5, 0.6) is 0 Å². The largest absolute Gasteiger partial charge is 0.466 e. The zero-order valence-electron chi connectivity index (χ0n) is 8.91. The van der Waals surface area contributed by atoms with Crippen molar-refractivity contribution in [1.29, 1.82) is 0 Å². The molecular weight excluding hydrogens is 186 g/mol. The Balaban J connectivity index is 3.67. The fourth-order valence-electron chi connectivity index (χ4n) is 0.851. The van der Waals surface area contributed by atoms with Gasteiger partial charge in [0.15, 0.2) is 0 Å². The summed E-state index contributed by atoms with van der Waals surface area (Å²) >= 11 is 0. The van der Waals surface area contributed by atoms with Gasteiger partial charge in [-0.05, 0) is 6.92 Å². The number of esters is 1. The molecule has 0 aliphatic heterocycles. The van der Waals surface area contributed by atoms with E-state index in [9.17, 15) is 9.59 Å². The molecule has 0 N–H and O–H groups in total. The Morgan fingerprint density at radius 3 is 2.50 bits per heavy atom. The second-order valence-corrected chi connectivity index (χ2v) is 2.80. The van der Waals surface area contributed by atoms with Crippen molar-refractivity contribution in [2.45, 2.75) is 13.3 Å². The van der Waals surface area contributed by atoms with Crippen LogP contribution < -0.4 is 0 Å². The first-order valence-electron chi connectivity index (χ1n) is 4.50. The van der Waals surface area contributed by atoms with Crippen LogP contribution in [0.25, 0.3) is 0 Å². The summed E-state index contributed by atoms with van der Waals surface area (Å²) in [5.74, 6) is -0.429. The van der Waals surface area contributed by atoms with Crippen LogP contribution in [0.3, 0.4) is 0 Å². The van der Waals surface area contributed by atoms with Gasteiger partial charge < -0.3 is 14.4 Å². The van der Waals surface area contributed by atoms with E-state index in [1.807, 2.05) is 0 Å². The minimum absolute atomic E-state index is 0.0410. The Bertz CT molecular complexity index is 193. The molecule has 0 aromatic rings. The van der Waals surface area contributed by atoms with Crippen molar-refractivity contribution in [1.82, 2.24) is 4.90 Å². The van der Waals surface area contributed by atoms with Gasteiger partial charge in [-0.3, -0.25) is 9.59 Å². The van der Waals surface area contributed by atoms with E-state index in [2.05, 4.69) is 4.74 Å². The lowest BCUT2D eigenvalue weighted by atomic mass is 10.4. The summed E-state index contributed by atoms with van der Waals surface area (Å²) in [6, 6.07) is 0. The normalized spacial score (nSPS) is 9.64. The molecule has 0 saturated carbocycles. The number of likely N-dealkylation sites (N-methyl/N-ethyl adjacent to an activating group) is 1. The third-order valence-electron chi connectivity index (χ3n) is 1.65. The highest BCUT2D eigenvalue weighted by atomic mass is 16.5. The number of methoxy groups -OCH3 is 1. The zero-order chi connectivity index (χ0) is 11.0. The van der Waals surface area contributed by atoms with Crippen LogP contribution in [-0.2, 0) is 19.1 Å². The molecule has 0 spiro atoms. The number of rotatable bonds is 6. The monoisotopic (exact) mass is 203 g/mol. The third kappa shape index (κ3) is 5.53. The molecule has 0 rings (SSSR count). The second-order valence-electron chi connectivity index (χ2n) is 2.80. The van der Waals surface area contributed by atoms with Gasteiger partial charge in [0.25, 0.3) is 0 Å². The molecule has 0 aromatic carbocycles. The first-order chi connectivity index (χ1) is 6.61. The lowest BCUT2D eigenvalue weighted by Gasteiger charge is -2.15. The average molecular weight is 203 g/mol. The highest BCUT2D eigenvalue weighted by Crippen LogP contribution is 1.92. The van der Waals surface area contributed by atoms with Crippen LogP contribution >= 0.6 is 0 Å². The van der Waals surface area contributed by atoms with Crippen LogP contribution in [-0.4, -0.2) is 50.7 Å². The lowest BCUT2D eigenvalue weighted by Crippen LogP contribution is -2.32. The van der Waals surface area contributed by atoms with E-state index >= 15 is 0 Å². The molecule has 0 saturated heterocycles. The van der Waals surface area contributed by atoms with E-state index in [0.717, 1.165) is 0 Å². The predicted molar refractivity (Wildman–Crippen MR) is 50.8 cm³/mol. The summed E-state index contributed by atoms with van der Waals surface area (Å²) < 4.78 is 9.40. The molecule has 0 aliphatic carbocycles. The molecule has 0 bridgehead atoms. The van der Waals surface area contributed by atoms with Gasteiger partial charge in [0, 0.05) is 20.7 Å². The Morgan fingerprint density at radius 2 is 2.00 bits per heavy atom. The number of nitrogens with zero attached hydrogens (tertiary/aromatic N) is 1. The molecule has 5 nitrogen and oxygen atoms in total. The summed E-state index contributed by atoms with van der Waals surface area (Å²) in [4.78, 5) is 23.5. The molecule has 0 aromatic heterocycles. The summed E-state index contributed by atoms with van der Waals surface area (Å²) in [5, 5.41) is 0. The SMILES string of the molecule is CCOC(=O)CCN(C)C(=O)COC. The van der Waals surface area contributed by atoms with E-state index in [1.165, 1.54) is 12.0 Å². The smallest absolute Gasteiger partial charge is 0.307 e. The van der Waals surface area contributed by atoms with E-state index in [-0.39, 0.29) is 24.9 Å². The molecule has 0 fully saturated rings. The fraction of sp³-hybridized carbons (Fsp3) is 0.778. The molecule has 5 heteroatoms. The van der Waals surface area contributed by atoms with Crippen molar-refractivity contribution >= 4 is 11.9 Å². The average Bonchev–Trinajstić information content (AvgIpc) is 2.15. The summed E-state index contributed by atoms with van der Waals surface area (Å²) in [6.07, 6.45) is 0.222. The maximum Gasteiger partial charge on any atom is 0.307 e. The van der Waals surface area contributed by atoms with Crippen molar-refractivity contribution in [3.63, 3.8) is 0 Å². The first kappa shape index (κ1) is 12.9. The van der Waals surface area contributed by atoms with E-state index in [1.54, 1.807) is 14.0 Å². The Hall–Kier alpha value is -1.10. The van der Waals surface area contributed by atoms with E-state index < -0.39 is 0 Å². The van der Waals surface area contributed by atoms with Crippen LogP contribution in [0.2, 0.25) is 0 Å². The Labute approximate surface area is 84.0 Å². The maximum atomic E-state index is 11.2. The summed E-state index contributed by atoms with van der Waals surface area (Å²) in [6.45, 7) is 2.52. The van der Waals surface area contributed by atoms with Crippen molar-refractivity contribution in [3.05, 3.63) is 0 Å². The molecule has 1 amide bonds. The topological polar surface area (TPSA) is 55.8 Å². The van der Waals surface area contributed by atoms with E-state index in [4.69, 9.17) is 4.74 Å². The van der Waals surface area contributed by atoms with Crippen molar-refractivity contribution < 1.29 is 19.1 Å². The lowest BCUT2D eigenvalue weighted by molar-refractivity contribution is -0.144. The molecule has 0 atom stereocenters. The van der Waals surface area contributed by atoms with Crippen LogP contribution in [0.4, 0.5) is 0 Å². The van der Waals surface area contributed by atoms with Gasteiger partial charge in [0.05, 0.1) is 13.0 Å². The Kier molecular flexibility index (Phi) is 6.74. The van der Waals surface area contributed by atoms with Gasteiger partial charge in [0.2, 0.25) is 5.91 Å². The van der Waals surface area contributed by atoms with E-state index in [0.29, 0.717) is 13.2 Å². The molecule has 0 heterocycles. The first-order valence-corrected chi connectivity index (χ1v) is 4.50. The molecule has 14 heavy (non-hydrogen) atoms. The summed E-state index contributed by atoms with van der Waals surface area (Å²) in [7, 11) is 3.08. The number of carbonyl (C=O) groups is 2. The number of hydrogen-bond acceptors (Lipinski definition) is 4. The van der Waals surface area contributed by atoms with Crippen LogP contribution in [0.1, 0.15) is 13.3 Å². The number of amides is 1. The molecular formula is C9H17NO4. The van der Waals surface area contributed by atoms with Crippen molar-refractivity contribution in [3.8, 4) is 0 Å². The highest BCUT2D eigenvalue weighted by molar-refractivity contribution is 5.78. The molecule has 0 unspecified atom stereocenters. The van der Waals surface area contributed by atoms with Crippen LogP contribution in [0.15, 0.2) is 0 Å². The fourth-order valence-corrected chi connectivity index (χ4v) is 0.851. The summed E-state index contributed by atoms with van der Waals surface area (Å²) in [5.41, 5.74) is 0. The Morgan fingerprint density at radius 1 is 1.36 bits per heavy atom. The standard InChI is InChI=1S/C9H17NO4/c1-4-14-9(12)5-6-10(2)8(11)7-13-3/h4-7H2,1-3H3. The molecule has 82 valence electrons. The van der Waals surface area contributed by atoms with Gasteiger partial charge in [-0.1, -0.05) is 0 Å². The maximum absolute atomic E-state index is 11.2. The minimum atomic E-state index is -0.287.